The van der Waals surface area contributed by atoms with E-state index in [1.54, 1.807) is 6.33 Å². The van der Waals surface area contributed by atoms with Crippen molar-refractivity contribution < 1.29 is 0 Å². The summed E-state index contributed by atoms with van der Waals surface area (Å²) in [7, 11) is 0. The predicted octanol–water partition coefficient (Wildman–Crippen LogP) is 3.29. The van der Waals surface area contributed by atoms with Crippen LogP contribution in [0.1, 0.15) is 30.2 Å². The highest BCUT2D eigenvalue weighted by Crippen LogP contribution is 2.44. The van der Waals surface area contributed by atoms with Gasteiger partial charge in [-0.2, -0.15) is 0 Å². The molecule has 3 aromatic rings. The molecule has 3 fully saturated rings. The molecule has 1 saturated carbocycles. The fraction of sp³-hybridized carbons (Fsp3) is 0.476. The average Bonchev–Trinajstić information content (AvgIpc) is 3.35. The Morgan fingerprint density at radius 2 is 1.96 bits per heavy atom. The Hall–Kier alpha value is -1.89. The van der Waals surface area contributed by atoms with Gasteiger partial charge in [0.05, 0.1) is 15.2 Å². The van der Waals surface area contributed by atoms with Crippen molar-refractivity contribution in [1.82, 2.24) is 25.2 Å². The number of hydrogen-bond acceptors (Lipinski definition) is 6. The van der Waals surface area contributed by atoms with Crippen molar-refractivity contribution >= 4 is 21.6 Å². The minimum absolute atomic E-state index is 0.643. The van der Waals surface area contributed by atoms with Gasteiger partial charge in [0, 0.05) is 49.0 Å². The van der Waals surface area contributed by atoms with Crippen LogP contribution in [-0.2, 0) is 0 Å². The van der Waals surface area contributed by atoms with Gasteiger partial charge in [-0.15, -0.1) is 11.3 Å². The SMILES string of the molecule is c1ncc(-c2ccc3nc(C4CC(N5C[C@H]6CCN[C@H]6C5)C4)sc3c2)cn1. The minimum atomic E-state index is 0.643. The van der Waals surface area contributed by atoms with E-state index in [0.29, 0.717) is 5.92 Å². The number of nitrogens with zero attached hydrogens (tertiary/aromatic N) is 4. The molecule has 6 rings (SSSR count). The van der Waals surface area contributed by atoms with E-state index in [0.717, 1.165) is 29.1 Å². The van der Waals surface area contributed by atoms with Crippen molar-refractivity contribution in [2.75, 3.05) is 19.6 Å². The topological polar surface area (TPSA) is 53.9 Å². The fourth-order valence-electron chi connectivity index (χ4n) is 5.01. The van der Waals surface area contributed by atoms with Crippen LogP contribution in [0.15, 0.2) is 36.9 Å². The Morgan fingerprint density at radius 1 is 1.07 bits per heavy atom. The van der Waals surface area contributed by atoms with Gasteiger partial charge in [0.15, 0.2) is 0 Å². The van der Waals surface area contributed by atoms with E-state index in [2.05, 4.69) is 38.4 Å². The zero-order valence-corrected chi connectivity index (χ0v) is 16.0. The van der Waals surface area contributed by atoms with Crippen LogP contribution in [0.25, 0.3) is 21.3 Å². The number of likely N-dealkylation sites (tertiary alicyclic amines) is 1. The molecule has 138 valence electrons. The maximum absolute atomic E-state index is 4.94. The van der Waals surface area contributed by atoms with Crippen molar-refractivity contribution in [2.24, 2.45) is 5.92 Å². The van der Waals surface area contributed by atoms with Crippen molar-refractivity contribution in [3.8, 4) is 11.1 Å². The quantitative estimate of drug-likeness (QED) is 0.759. The number of hydrogen-bond donors (Lipinski definition) is 1. The fourth-order valence-corrected chi connectivity index (χ4v) is 6.15. The van der Waals surface area contributed by atoms with Crippen LogP contribution < -0.4 is 5.32 Å². The third-order valence-corrected chi connectivity index (χ3v) is 7.85. The Morgan fingerprint density at radius 3 is 2.81 bits per heavy atom. The van der Waals surface area contributed by atoms with Gasteiger partial charge in [-0.3, -0.25) is 4.90 Å². The van der Waals surface area contributed by atoms with E-state index in [9.17, 15) is 0 Å². The summed E-state index contributed by atoms with van der Waals surface area (Å²) < 4.78 is 1.27. The lowest BCUT2D eigenvalue weighted by Crippen LogP contribution is -2.44. The summed E-state index contributed by atoms with van der Waals surface area (Å²) in [5, 5.41) is 4.99. The lowest BCUT2D eigenvalue weighted by Gasteiger charge is -2.40. The summed E-state index contributed by atoms with van der Waals surface area (Å²) in [6.07, 6.45) is 9.23. The van der Waals surface area contributed by atoms with Gasteiger partial charge >= 0.3 is 0 Å². The molecule has 0 bridgehead atoms. The molecule has 2 aromatic heterocycles. The molecule has 6 heteroatoms. The number of thiazole rings is 1. The van der Waals surface area contributed by atoms with Crippen LogP contribution in [-0.4, -0.2) is 51.6 Å². The van der Waals surface area contributed by atoms with Gasteiger partial charge in [0.25, 0.3) is 0 Å². The highest BCUT2D eigenvalue weighted by Gasteiger charge is 2.43. The Balaban J connectivity index is 1.17. The molecular weight excluding hydrogens is 354 g/mol. The van der Waals surface area contributed by atoms with E-state index in [1.165, 1.54) is 54.2 Å². The Kier molecular flexibility index (Phi) is 3.77. The molecule has 0 unspecified atom stereocenters. The largest absolute Gasteiger partial charge is 0.312 e. The summed E-state index contributed by atoms with van der Waals surface area (Å²) in [6.45, 7) is 3.78. The van der Waals surface area contributed by atoms with Crippen molar-refractivity contribution in [3.05, 3.63) is 41.9 Å². The molecule has 2 aliphatic heterocycles. The number of benzene rings is 1. The first-order chi connectivity index (χ1) is 13.3. The van der Waals surface area contributed by atoms with E-state index in [-0.39, 0.29) is 0 Å². The van der Waals surface area contributed by atoms with E-state index in [1.807, 2.05) is 23.7 Å². The highest BCUT2D eigenvalue weighted by molar-refractivity contribution is 7.18. The van der Waals surface area contributed by atoms with E-state index >= 15 is 0 Å². The van der Waals surface area contributed by atoms with Gasteiger partial charge in [-0.05, 0) is 49.4 Å². The lowest BCUT2D eigenvalue weighted by atomic mass is 9.80. The molecule has 3 aliphatic rings. The van der Waals surface area contributed by atoms with Crippen LogP contribution in [0, 0.1) is 5.92 Å². The normalized spacial score (nSPS) is 30.5. The molecule has 2 saturated heterocycles. The predicted molar refractivity (Wildman–Crippen MR) is 108 cm³/mol. The van der Waals surface area contributed by atoms with Gasteiger partial charge in [0.1, 0.15) is 6.33 Å². The van der Waals surface area contributed by atoms with Gasteiger partial charge in [-0.1, -0.05) is 6.07 Å². The monoisotopic (exact) mass is 377 g/mol. The van der Waals surface area contributed by atoms with Gasteiger partial charge < -0.3 is 5.32 Å². The number of aromatic nitrogens is 3. The van der Waals surface area contributed by atoms with Crippen LogP contribution in [0.2, 0.25) is 0 Å². The molecule has 5 nitrogen and oxygen atoms in total. The summed E-state index contributed by atoms with van der Waals surface area (Å²) in [4.78, 5) is 15.9. The molecule has 1 N–H and O–H groups in total. The number of fused-ring (bicyclic) bond motifs is 2. The van der Waals surface area contributed by atoms with Crippen molar-refractivity contribution in [3.63, 3.8) is 0 Å². The molecule has 0 amide bonds. The van der Waals surface area contributed by atoms with E-state index < -0.39 is 0 Å². The standard InChI is InChI=1S/C21H23N5S/c1-2-18-20(7-13(1)16-8-22-12-23-9-16)27-21(25-18)15-5-17(6-15)26-10-14-3-4-24-19(14)11-26/h1-2,7-9,12,14-15,17,19,24H,3-6,10-11H2/t14-,15?,17?,19+/m1/s1. The first kappa shape index (κ1) is 16.1. The van der Waals surface area contributed by atoms with Gasteiger partial charge in [-0.25, -0.2) is 15.0 Å². The third-order valence-electron chi connectivity index (χ3n) is 6.67. The van der Waals surface area contributed by atoms with Crippen LogP contribution in [0.3, 0.4) is 0 Å². The molecule has 27 heavy (non-hydrogen) atoms. The highest BCUT2D eigenvalue weighted by atomic mass is 32.1. The molecule has 1 aromatic carbocycles. The Labute approximate surface area is 162 Å². The van der Waals surface area contributed by atoms with Gasteiger partial charge in [0.2, 0.25) is 0 Å². The third kappa shape index (κ3) is 2.78. The first-order valence-electron chi connectivity index (χ1n) is 9.97. The smallest absolute Gasteiger partial charge is 0.115 e. The van der Waals surface area contributed by atoms with E-state index in [4.69, 9.17) is 4.98 Å². The molecule has 0 spiro atoms. The second-order valence-corrected chi connectivity index (χ2v) is 9.31. The minimum Gasteiger partial charge on any atom is -0.312 e. The molecule has 0 radical (unpaired) electrons. The second-order valence-electron chi connectivity index (χ2n) is 8.25. The van der Waals surface area contributed by atoms with Crippen molar-refractivity contribution in [2.45, 2.75) is 37.3 Å². The zero-order valence-electron chi connectivity index (χ0n) is 15.2. The summed E-state index contributed by atoms with van der Waals surface area (Å²) >= 11 is 1.87. The van der Waals surface area contributed by atoms with Crippen LogP contribution in [0.5, 0.6) is 0 Å². The van der Waals surface area contributed by atoms with Crippen LogP contribution in [0.4, 0.5) is 0 Å². The zero-order chi connectivity index (χ0) is 17.8. The van der Waals surface area contributed by atoms with Crippen molar-refractivity contribution in [1.29, 1.82) is 0 Å². The lowest BCUT2D eigenvalue weighted by molar-refractivity contribution is 0.128. The number of rotatable bonds is 3. The molecule has 2 atom stereocenters. The van der Waals surface area contributed by atoms with Crippen LogP contribution >= 0.6 is 11.3 Å². The average molecular weight is 378 g/mol. The maximum atomic E-state index is 4.94. The summed E-state index contributed by atoms with van der Waals surface area (Å²) in [6, 6.07) is 8.03. The molecule has 1 aliphatic carbocycles. The maximum Gasteiger partial charge on any atom is 0.115 e. The Bertz CT molecular complexity index is 953. The molecule has 4 heterocycles. The summed E-state index contributed by atoms with van der Waals surface area (Å²) in [5.74, 6) is 1.54. The first-order valence-corrected chi connectivity index (χ1v) is 10.8. The molecular formula is C21H23N5S. The summed E-state index contributed by atoms with van der Waals surface area (Å²) in [5.41, 5.74) is 3.35. The number of nitrogens with one attached hydrogen (secondary N) is 1. The second kappa shape index (κ2) is 6.33.